The summed E-state index contributed by atoms with van der Waals surface area (Å²) in [6.45, 7) is 1.69. The quantitative estimate of drug-likeness (QED) is 0.411. The molecule has 1 saturated carbocycles. The number of carbonyl (C=O) groups excluding carboxylic acids is 1. The first-order chi connectivity index (χ1) is 17.1. The third kappa shape index (κ3) is 4.72. The Morgan fingerprint density at radius 2 is 1.86 bits per heavy atom. The van der Waals surface area contributed by atoms with Crippen molar-refractivity contribution in [3.63, 3.8) is 0 Å². The third-order valence-corrected chi connectivity index (χ3v) is 8.32. The minimum Gasteiger partial charge on any atom is -0.486 e. The summed E-state index contributed by atoms with van der Waals surface area (Å²) >= 11 is 0. The average Bonchev–Trinajstić information content (AvgIpc) is 3.59. The normalized spacial score (nSPS) is 21.0. The Balaban J connectivity index is 1.53. The Kier molecular flexibility index (Phi) is 6.28. The largest absolute Gasteiger partial charge is 0.486 e. The highest BCUT2D eigenvalue weighted by Crippen LogP contribution is 2.42. The van der Waals surface area contributed by atoms with Crippen LogP contribution >= 0.6 is 0 Å². The van der Waals surface area contributed by atoms with Crippen molar-refractivity contribution in [2.75, 3.05) is 10.8 Å². The molecule has 1 fully saturated rings. The number of ether oxygens (including phenoxy) is 1. The number of ketones is 1. The van der Waals surface area contributed by atoms with E-state index in [0.29, 0.717) is 0 Å². The number of Topliss-reactive ketones (excluding diaryl/α,β-unsaturated/α-hetero) is 1. The first kappa shape index (κ1) is 24.4. The first-order valence-electron chi connectivity index (χ1n) is 11.7. The van der Waals surface area contributed by atoms with Crippen molar-refractivity contribution in [3.8, 4) is 16.9 Å². The van der Waals surface area contributed by atoms with Crippen molar-refractivity contribution < 1.29 is 31.1 Å². The van der Waals surface area contributed by atoms with Crippen LogP contribution in [0.3, 0.4) is 0 Å². The highest BCUT2D eigenvalue weighted by molar-refractivity contribution is 7.92. The lowest BCUT2D eigenvalue weighted by Crippen LogP contribution is -2.43. The van der Waals surface area contributed by atoms with Crippen molar-refractivity contribution in [1.82, 2.24) is 0 Å². The van der Waals surface area contributed by atoms with E-state index in [1.807, 2.05) is 0 Å². The molecule has 0 bridgehead atoms. The molecule has 5 rings (SSSR count). The maximum absolute atomic E-state index is 14.5. The third-order valence-electron chi connectivity index (χ3n) is 6.55. The molecule has 0 aromatic heterocycles. The minimum atomic E-state index is -4.06. The highest BCUT2D eigenvalue weighted by atomic mass is 32.2. The zero-order valence-electron chi connectivity index (χ0n) is 19.5. The number of halogens is 3. The van der Waals surface area contributed by atoms with E-state index in [2.05, 4.69) is 0 Å². The Hall–Kier alpha value is -3.33. The minimum absolute atomic E-state index is 0.0105. The molecule has 3 aromatic carbocycles. The summed E-state index contributed by atoms with van der Waals surface area (Å²) in [6, 6.07) is 14.0. The topological polar surface area (TPSA) is 63.7 Å². The van der Waals surface area contributed by atoms with Gasteiger partial charge in [0.15, 0.2) is 0 Å². The second kappa shape index (κ2) is 9.28. The van der Waals surface area contributed by atoms with Crippen LogP contribution in [-0.2, 0) is 14.8 Å². The Morgan fingerprint density at radius 3 is 2.58 bits per heavy atom. The van der Waals surface area contributed by atoms with Crippen LogP contribution in [-0.4, -0.2) is 33.0 Å². The first-order valence-corrected chi connectivity index (χ1v) is 13.1. The van der Waals surface area contributed by atoms with Gasteiger partial charge in [0.2, 0.25) is 0 Å². The molecule has 0 N–H and O–H groups in total. The van der Waals surface area contributed by atoms with Crippen molar-refractivity contribution >= 4 is 21.5 Å². The van der Waals surface area contributed by atoms with Crippen LogP contribution in [0, 0.1) is 24.5 Å². The van der Waals surface area contributed by atoms with E-state index in [0.717, 1.165) is 23.8 Å². The van der Waals surface area contributed by atoms with E-state index in [-0.39, 0.29) is 59.0 Å². The molecule has 0 saturated heterocycles. The van der Waals surface area contributed by atoms with Crippen molar-refractivity contribution in [1.29, 1.82) is 0 Å². The number of fused-ring (bicyclic) bond motifs is 1. The van der Waals surface area contributed by atoms with Gasteiger partial charge in [0.05, 0.1) is 23.0 Å². The molecule has 3 atom stereocenters. The lowest BCUT2D eigenvalue weighted by molar-refractivity contribution is -0.121. The van der Waals surface area contributed by atoms with E-state index in [4.69, 9.17) is 4.74 Å². The maximum Gasteiger partial charge on any atom is 0.264 e. The molecular formula is C27H24F3NO4S. The number of hydrogen-bond donors (Lipinski definition) is 0. The number of sulfonamides is 1. The van der Waals surface area contributed by atoms with Gasteiger partial charge < -0.3 is 4.74 Å². The van der Waals surface area contributed by atoms with Gasteiger partial charge in [-0.15, -0.1) is 0 Å². The fraction of sp³-hybridized carbons (Fsp3) is 0.296. The summed E-state index contributed by atoms with van der Waals surface area (Å²) in [5, 5.41) is 0. The molecule has 188 valence electrons. The Morgan fingerprint density at radius 1 is 1.08 bits per heavy atom. The van der Waals surface area contributed by atoms with Gasteiger partial charge in [-0.3, -0.25) is 9.10 Å². The van der Waals surface area contributed by atoms with Gasteiger partial charge in [0.25, 0.3) is 10.0 Å². The van der Waals surface area contributed by atoms with Gasteiger partial charge in [-0.2, -0.15) is 0 Å². The van der Waals surface area contributed by atoms with Gasteiger partial charge in [0, 0.05) is 12.0 Å². The number of carbonyl (C=O) groups is 1. The highest BCUT2D eigenvalue weighted by Gasteiger charge is 2.43. The van der Waals surface area contributed by atoms with Crippen LogP contribution in [0.15, 0.2) is 65.6 Å². The zero-order chi connectivity index (χ0) is 25.6. The van der Waals surface area contributed by atoms with Crippen molar-refractivity contribution in [2.24, 2.45) is 5.92 Å². The molecule has 0 amide bonds. The zero-order valence-corrected chi connectivity index (χ0v) is 20.3. The number of hydrogen-bond acceptors (Lipinski definition) is 4. The summed E-state index contributed by atoms with van der Waals surface area (Å²) < 4.78 is 76.3. The number of benzene rings is 3. The molecular weight excluding hydrogens is 491 g/mol. The molecule has 1 aliphatic heterocycles. The molecule has 3 aromatic rings. The Labute approximate surface area is 207 Å². The monoisotopic (exact) mass is 515 g/mol. The summed E-state index contributed by atoms with van der Waals surface area (Å²) in [7, 11) is -4.06. The second-order valence-corrected chi connectivity index (χ2v) is 11.1. The van der Waals surface area contributed by atoms with Gasteiger partial charge >= 0.3 is 0 Å². The van der Waals surface area contributed by atoms with Gasteiger partial charge in [-0.25, -0.2) is 21.6 Å². The molecule has 0 radical (unpaired) electrons. The van der Waals surface area contributed by atoms with E-state index in [9.17, 15) is 26.4 Å². The van der Waals surface area contributed by atoms with Crippen LogP contribution in [0.5, 0.6) is 5.75 Å². The number of aryl methyl sites for hydroxylation is 1. The smallest absolute Gasteiger partial charge is 0.264 e. The van der Waals surface area contributed by atoms with E-state index >= 15 is 0 Å². The van der Waals surface area contributed by atoms with Gasteiger partial charge in [-0.1, -0.05) is 18.2 Å². The molecule has 0 spiro atoms. The van der Waals surface area contributed by atoms with E-state index in [1.165, 1.54) is 28.6 Å². The number of anilines is 1. The maximum atomic E-state index is 14.5. The average molecular weight is 516 g/mol. The van der Waals surface area contributed by atoms with Gasteiger partial charge in [-0.05, 0) is 73.4 Å². The molecule has 9 heteroatoms. The Bertz CT molecular complexity index is 1440. The summed E-state index contributed by atoms with van der Waals surface area (Å²) in [5.74, 6) is -1.80. The lowest BCUT2D eigenvalue weighted by Gasteiger charge is -2.36. The molecule has 1 heterocycles. The van der Waals surface area contributed by atoms with E-state index in [1.54, 1.807) is 25.1 Å². The van der Waals surface area contributed by atoms with Crippen LogP contribution in [0.25, 0.3) is 11.1 Å². The number of alkyl halides is 1. The van der Waals surface area contributed by atoms with Gasteiger partial charge in [0.1, 0.15) is 35.4 Å². The predicted molar refractivity (Wildman–Crippen MR) is 129 cm³/mol. The van der Waals surface area contributed by atoms with Crippen molar-refractivity contribution in [3.05, 3.63) is 77.9 Å². The standard InChI is InChI=1S/C27H24F3NO4S/c1-16-3-2-4-20(11-16)36(33,34)31-15-19(7-9-26(32)22-14-24(22)30)35-27-10-5-17(12-25(27)31)21-13-18(28)6-8-23(21)29/h2-6,8,10-13,19,22,24H,7,9,14-15H2,1H3/t19-,22+,24-/m0/s1. The SMILES string of the molecule is Cc1cccc(S(=O)(=O)N2C[C@H](CCC(=O)[C@@H]3C[C@@H]3F)Oc3ccc(-c4cc(F)ccc4F)cc32)c1. The summed E-state index contributed by atoms with van der Waals surface area (Å²) in [5.41, 5.74) is 1.22. The van der Waals surface area contributed by atoms with Crippen LogP contribution in [0.1, 0.15) is 24.8 Å². The van der Waals surface area contributed by atoms with E-state index < -0.39 is 39.9 Å². The lowest BCUT2D eigenvalue weighted by atomic mass is 10.0. The molecule has 36 heavy (non-hydrogen) atoms. The number of rotatable bonds is 7. The van der Waals surface area contributed by atoms with Crippen LogP contribution < -0.4 is 9.04 Å². The summed E-state index contributed by atoms with van der Waals surface area (Å²) in [4.78, 5) is 12.3. The molecule has 1 aliphatic carbocycles. The van der Waals surface area contributed by atoms with Crippen LogP contribution in [0.4, 0.5) is 18.9 Å². The fourth-order valence-electron chi connectivity index (χ4n) is 4.46. The number of nitrogens with zero attached hydrogens (tertiary/aromatic N) is 1. The van der Waals surface area contributed by atoms with Crippen molar-refractivity contribution in [2.45, 2.75) is 43.4 Å². The fourth-order valence-corrected chi connectivity index (χ4v) is 6.07. The van der Waals surface area contributed by atoms with Crippen LogP contribution in [0.2, 0.25) is 0 Å². The predicted octanol–water partition coefficient (Wildman–Crippen LogP) is 5.60. The molecule has 0 unspecified atom stereocenters. The summed E-state index contributed by atoms with van der Waals surface area (Å²) in [6.07, 6.45) is -1.20. The molecule has 2 aliphatic rings. The molecule has 5 nitrogen and oxygen atoms in total. The second-order valence-electron chi connectivity index (χ2n) is 9.26.